The van der Waals surface area contributed by atoms with Crippen LogP contribution in [0.25, 0.3) is 6.08 Å². The third kappa shape index (κ3) is 3.98. The minimum absolute atomic E-state index is 0.0620. The van der Waals surface area contributed by atoms with Gasteiger partial charge in [-0.15, -0.1) is 0 Å². The first-order valence-corrected chi connectivity index (χ1v) is 7.40. The van der Waals surface area contributed by atoms with Crippen LogP contribution in [-0.4, -0.2) is 23.7 Å². The maximum Gasteiger partial charge on any atom is 0.244 e. The fourth-order valence-electron chi connectivity index (χ4n) is 2.48. The number of carbonyl (C=O) groups is 1. The van der Waals surface area contributed by atoms with Gasteiger partial charge in [0.05, 0.1) is 0 Å². The molecule has 1 aromatic carbocycles. The molecule has 3 nitrogen and oxygen atoms in total. The molecule has 5 heteroatoms. The molecule has 2 unspecified atom stereocenters. The second-order valence-electron chi connectivity index (χ2n) is 4.99. The van der Waals surface area contributed by atoms with Gasteiger partial charge < -0.3 is 10.4 Å². The molecule has 1 aliphatic carbocycles. The second kappa shape index (κ2) is 7.11. The standard InChI is InChI=1S/C15H17Cl2NO2/c16-12-5-6-13(17)10(8-12)4-7-15(20)18-14-3-1-2-11(14)9-19/h4-8,11,14,19H,1-3,9H2,(H,18,20)/b7-4+. The predicted molar refractivity (Wildman–Crippen MR) is 81.9 cm³/mol. The lowest BCUT2D eigenvalue weighted by atomic mass is 10.1. The summed E-state index contributed by atoms with van der Waals surface area (Å²) in [5.41, 5.74) is 0.708. The molecule has 0 spiro atoms. The Morgan fingerprint density at radius 2 is 2.20 bits per heavy atom. The number of halogens is 2. The average molecular weight is 314 g/mol. The Balaban J connectivity index is 1.97. The molecule has 0 radical (unpaired) electrons. The van der Waals surface area contributed by atoms with Gasteiger partial charge in [-0.2, -0.15) is 0 Å². The van der Waals surface area contributed by atoms with Crippen LogP contribution < -0.4 is 5.32 Å². The highest BCUT2D eigenvalue weighted by atomic mass is 35.5. The summed E-state index contributed by atoms with van der Waals surface area (Å²) in [6, 6.07) is 5.16. The fourth-order valence-corrected chi connectivity index (χ4v) is 2.85. The molecule has 1 aromatic rings. The largest absolute Gasteiger partial charge is 0.396 e. The van der Waals surface area contributed by atoms with Crippen LogP contribution >= 0.6 is 23.2 Å². The van der Waals surface area contributed by atoms with E-state index in [2.05, 4.69) is 5.32 Å². The molecule has 108 valence electrons. The third-order valence-corrected chi connectivity index (χ3v) is 4.17. The number of rotatable bonds is 4. The number of aliphatic hydroxyl groups excluding tert-OH is 1. The van der Waals surface area contributed by atoms with Crippen molar-refractivity contribution < 1.29 is 9.90 Å². The summed E-state index contributed by atoms with van der Waals surface area (Å²) in [6.07, 6.45) is 6.02. The van der Waals surface area contributed by atoms with Crippen LogP contribution in [0.5, 0.6) is 0 Å². The molecule has 0 heterocycles. The first-order valence-electron chi connectivity index (χ1n) is 6.64. The quantitative estimate of drug-likeness (QED) is 0.838. The molecule has 0 aromatic heterocycles. The first kappa shape index (κ1) is 15.4. The van der Waals surface area contributed by atoms with E-state index in [0.29, 0.717) is 15.6 Å². The van der Waals surface area contributed by atoms with Crippen molar-refractivity contribution in [2.24, 2.45) is 5.92 Å². The molecule has 1 fully saturated rings. The van der Waals surface area contributed by atoms with Gasteiger partial charge >= 0.3 is 0 Å². The van der Waals surface area contributed by atoms with Crippen molar-refractivity contribution in [3.8, 4) is 0 Å². The van der Waals surface area contributed by atoms with E-state index < -0.39 is 0 Å². The van der Waals surface area contributed by atoms with E-state index in [9.17, 15) is 9.90 Å². The zero-order valence-corrected chi connectivity index (χ0v) is 12.5. The van der Waals surface area contributed by atoms with E-state index in [0.717, 1.165) is 19.3 Å². The molecule has 1 saturated carbocycles. The van der Waals surface area contributed by atoms with Gasteiger partial charge in [-0.1, -0.05) is 29.6 Å². The number of amides is 1. The molecule has 1 aliphatic rings. The van der Waals surface area contributed by atoms with Crippen molar-refractivity contribution in [2.75, 3.05) is 6.61 Å². The van der Waals surface area contributed by atoms with Crippen LogP contribution in [0, 0.1) is 5.92 Å². The van der Waals surface area contributed by atoms with Crippen LogP contribution in [0.2, 0.25) is 10.0 Å². The number of benzene rings is 1. The summed E-state index contributed by atoms with van der Waals surface area (Å²) in [4.78, 5) is 11.9. The normalized spacial score (nSPS) is 22.4. The Bertz CT molecular complexity index is 517. The van der Waals surface area contributed by atoms with Gasteiger partial charge in [-0.3, -0.25) is 4.79 Å². The van der Waals surface area contributed by atoms with Crippen LogP contribution in [0.15, 0.2) is 24.3 Å². The van der Waals surface area contributed by atoms with Crippen molar-refractivity contribution in [1.82, 2.24) is 5.32 Å². The molecular formula is C15H17Cl2NO2. The molecule has 0 saturated heterocycles. The molecule has 2 atom stereocenters. The lowest BCUT2D eigenvalue weighted by Crippen LogP contribution is -2.37. The van der Waals surface area contributed by atoms with Crippen LogP contribution in [-0.2, 0) is 4.79 Å². The van der Waals surface area contributed by atoms with E-state index in [4.69, 9.17) is 23.2 Å². The summed E-state index contributed by atoms with van der Waals surface area (Å²) in [7, 11) is 0. The van der Waals surface area contributed by atoms with E-state index in [1.54, 1.807) is 24.3 Å². The van der Waals surface area contributed by atoms with Gasteiger partial charge in [0, 0.05) is 34.7 Å². The highest BCUT2D eigenvalue weighted by molar-refractivity contribution is 6.34. The van der Waals surface area contributed by atoms with Gasteiger partial charge in [0.25, 0.3) is 0 Å². The fraction of sp³-hybridized carbons (Fsp3) is 0.400. The molecular weight excluding hydrogens is 297 g/mol. The lowest BCUT2D eigenvalue weighted by molar-refractivity contribution is -0.117. The highest BCUT2D eigenvalue weighted by Gasteiger charge is 2.27. The topological polar surface area (TPSA) is 49.3 Å². The molecule has 1 amide bonds. The van der Waals surface area contributed by atoms with Crippen molar-refractivity contribution in [2.45, 2.75) is 25.3 Å². The monoisotopic (exact) mass is 313 g/mol. The Kier molecular flexibility index (Phi) is 5.46. The Labute approximate surface area is 128 Å². The molecule has 2 N–H and O–H groups in total. The van der Waals surface area contributed by atoms with Crippen molar-refractivity contribution in [3.05, 3.63) is 39.9 Å². The minimum atomic E-state index is -0.175. The SMILES string of the molecule is O=C(/C=C/c1cc(Cl)ccc1Cl)NC1CCCC1CO. The number of nitrogens with one attached hydrogen (secondary N) is 1. The molecule has 0 bridgehead atoms. The van der Waals surface area contributed by atoms with Crippen LogP contribution in [0.1, 0.15) is 24.8 Å². The molecule has 0 aliphatic heterocycles. The number of aliphatic hydroxyl groups is 1. The van der Waals surface area contributed by atoms with Crippen molar-refractivity contribution in [3.63, 3.8) is 0 Å². The first-order chi connectivity index (χ1) is 9.60. The van der Waals surface area contributed by atoms with Gasteiger partial charge in [-0.05, 0) is 42.7 Å². The summed E-state index contributed by atoms with van der Waals surface area (Å²) in [5.74, 6) is -0.00602. The average Bonchev–Trinajstić information content (AvgIpc) is 2.87. The van der Waals surface area contributed by atoms with Gasteiger partial charge in [0.1, 0.15) is 0 Å². The van der Waals surface area contributed by atoms with E-state index in [-0.39, 0.29) is 24.5 Å². The molecule has 2 rings (SSSR count). The van der Waals surface area contributed by atoms with Gasteiger partial charge in [0.15, 0.2) is 0 Å². The van der Waals surface area contributed by atoms with E-state index in [1.165, 1.54) is 6.08 Å². The second-order valence-corrected chi connectivity index (χ2v) is 5.83. The predicted octanol–water partition coefficient (Wildman–Crippen LogP) is 3.28. The maximum atomic E-state index is 11.9. The summed E-state index contributed by atoms with van der Waals surface area (Å²) in [6.45, 7) is 0.120. The zero-order valence-electron chi connectivity index (χ0n) is 11.0. The Morgan fingerprint density at radius 1 is 1.40 bits per heavy atom. The van der Waals surface area contributed by atoms with Crippen molar-refractivity contribution >= 4 is 35.2 Å². The maximum absolute atomic E-state index is 11.9. The van der Waals surface area contributed by atoms with Crippen molar-refractivity contribution in [1.29, 1.82) is 0 Å². The number of hydrogen-bond donors (Lipinski definition) is 2. The van der Waals surface area contributed by atoms with Gasteiger partial charge in [0.2, 0.25) is 5.91 Å². The summed E-state index contributed by atoms with van der Waals surface area (Å²) < 4.78 is 0. The van der Waals surface area contributed by atoms with E-state index >= 15 is 0 Å². The van der Waals surface area contributed by atoms with Crippen LogP contribution in [0.3, 0.4) is 0 Å². The Hall–Kier alpha value is -1.03. The smallest absolute Gasteiger partial charge is 0.244 e. The third-order valence-electron chi connectivity index (χ3n) is 3.59. The minimum Gasteiger partial charge on any atom is -0.396 e. The van der Waals surface area contributed by atoms with E-state index in [1.807, 2.05) is 0 Å². The summed E-state index contributed by atoms with van der Waals surface area (Å²) in [5, 5.41) is 13.3. The lowest BCUT2D eigenvalue weighted by Gasteiger charge is -2.17. The van der Waals surface area contributed by atoms with Gasteiger partial charge in [-0.25, -0.2) is 0 Å². The highest BCUT2D eigenvalue weighted by Crippen LogP contribution is 2.25. The molecule has 20 heavy (non-hydrogen) atoms. The summed E-state index contributed by atoms with van der Waals surface area (Å²) >= 11 is 11.9. The number of hydrogen-bond acceptors (Lipinski definition) is 2. The van der Waals surface area contributed by atoms with Crippen LogP contribution in [0.4, 0.5) is 0 Å². The Morgan fingerprint density at radius 3 is 2.95 bits per heavy atom. The number of carbonyl (C=O) groups excluding carboxylic acids is 1. The zero-order chi connectivity index (χ0) is 14.5.